The van der Waals surface area contributed by atoms with E-state index in [0.29, 0.717) is 25.4 Å². The Labute approximate surface area is 163 Å². The van der Waals surface area contributed by atoms with Crippen LogP contribution < -0.4 is 4.18 Å². The number of nitrogens with zero attached hydrogens (tertiary/aromatic N) is 1. The highest BCUT2D eigenvalue weighted by Crippen LogP contribution is 2.20. The number of benzene rings is 1. The highest BCUT2D eigenvalue weighted by atomic mass is 32.2. The van der Waals surface area contributed by atoms with Gasteiger partial charge in [-0.25, -0.2) is 0 Å². The van der Waals surface area contributed by atoms with Crippen molar-refractivity contribution in [3.63, 3.8) is 0 Å². The van der Waals surface area contributed by atoms with Gasteiger partial charge in [-0.2, -0.15) is 8.42 Å². The molecule has 1 aliphatic rings. The second-order valence-electron chi connectivity index (χ2n) is 7.78. The van der Waals surface area contributed by atoms with Crippen molar-refractivity contribution in [2.45, 2.75) is 64.9 Å². The molecule has 0 spiro atoms. The van der Waals surface area contributed by atoms with Gasteiger partial charge < -0.3 is 13.8 Å². The molecule has 1 aromatic carbocycles. The van der Waals surface area contributed by atoms with Gasteiger partial charge in [-0.3, -0.25) is 4.79 Å². The van der Waals surface area contributed by atoms with Gasteiger partial charge >= 0.3 is 10.1 Å². The molecule has 0 aliphatic carbocycles. The average molecular weight is 398 g/mol. The number of carbonyl (C=O) groups is 1. The van der Waals surface area contributed by atoms with E-state index < -0.39 is 15.4 Å². The Morgan fingerprint density at radius 2 is 1.89 bits per heavy atom. The fourth-order valence-corrected chi connectivity index (χ4v) is 3.44. The van der Waals surface area contributed by atoms with Crippen LogP contribution >= 0.6 is 0 Å². The second kappa shape index (κ2) is 9.55. The summed E-state index contributed by atoms with van der Waals surface area (Å²) in [6, 6.07) is 6.87. The van der Waals surface area contributed by atoms with Crippen molar-refractivity contribution in [2.24, 2.45) is 5.92 Å². The van der Waals surface area contributed by atoms with Gasteiger partial charge in [0.2, 0.25) is 5.91 Å². The van der Waals surface area contributed by atoms with Crippen LogP contribution in [0.5, 0.6) is 5.75 Å². The second-order valence-corrected chi connectivity index (χ2v) is 9.87. The first kappa shape index (κ1) is 21.7. The van der Waals surface area contributed by atoms with Gasteiger partial charge in [-0.1, -0.05) is 26.0 Å². The number of amides is 1. The summed E-state index contributed by atoms with van der Waals surface area (Å²) >= 11 is 0. The van der Waals surface area contributed by atoms with Crippen molar-refractivity contribution in [1.82, 2.24) is 4.90 Å². The Morgan fingerprint density at radius 1 is 1.22 bits per heavy atom. The van der Waals surface area contributed by atoms with E-state index >= 15 is 0 Å². The van der Waals surface area contributed by atoms with Gasteiger partial charge in [0.05, 0.1) is 11.4 Å². The molecule has 0 aromatic heterocycles. The van der Waals surface area contributed by atoms with Crippen molar-refractivity contribution < 1.29 is 22.1 Å². The Morgan fingerprint density at radius 3 is 2.41 bits per heavy atom. The smallest absolute Gasteiger partial charge is 0.311 e. The van der Waals surface area contributed by atoms with Crippen LogP contribution in [0, 0.1) is 5.92 Å². The van der Waals surface area contributed by atoms with E-state index in [0.717, 1.165) is 25.0 Å². The molecule has 1 heterocycles. The Kier molecular flexibility index (Phi) is 7.68. The molecule has 27 heavy (non-hydrogen) atoms. The van der Waals surface area contributed by atoms with Crippen LogP contribution in [0.25, 0.3) is 0 Å². The van der Waals surface area contributed by atoms with E-state index in [2.05, 4.69) is 0 Å². The molecule has 1 atom stereocenters. The highest BCUT2D eigenvalue weighted by Gasteiger charge is 2.23. The highest BCUT2D eigenvalue weighted by molar-refractivity contribution is 7.87. The summed E-state index contributed by atoms with van der Waals surface area (Å²) in [5.41, 5.74) is 0.930. The standard InChI is InChI=1S/C20H31NO5S/c1-15(2)12-20(22)21(14-19-6-5-11-25-19)13-17-7-9-18(10-8-17)26-27(23,24)16(3)4/h7-10,15-16,19H,5-6,11-14H2,1-4H3/t19-/m1/s1. The van der Waals surface area contributed by atoms with Crippen molar-refractivity contribution in [3.8, 4) is 5.75 Å². The Hall–Kier alpha value is -1.60. The summed E-state index contributed by atoms with van der Waals surface area (Å²) < 4.78 is 34.5. The van der Waals surface area contributed by atoms with Crippen LogP contribution in [0.15, 0.2) is 24.3 Å². The number of hydrogen-bond acceptors (Lipinski definition) is 5. The monoisotopic (exact) mass is 397 g/mol. The van der Waals surface area contributed by atoms with Crippen molar-refractivity contribution in [3.05, 3.63) is 29.8 Å². The average Bonchev–Trinajstić information content (AvgIpc) is 3.08. The molecule has 2 rings (SSSR count). The van der Waals surface area contributed by atoms with E-state index in [1.165, 1.54) is 0 Å². The molecule has 0 bridgehead atoms. The number of rotatable bonds is 9. The van der Waals surface area contributed by atoms with Crippen LogP contribution in [-0.4, -0.2) is 43.7 Å². The maximum atomic E-state index is 12.6. The number of carbonyl (C=O) groups excluding carboxylic acids is 1. The quantitative estimate of drug-likeness (QED) is 0.598. The minimum Gasteiger partial charge on any atom is -0.382 e. The summed E-state index contributed by atoms with van der Waals surface area (Å²) in [5, 5.41) is -0.604. The van der Waals surface area contributed by atoms with Crippen LogP contribution in [-0.2, 0) is 26.2 Å². The van der Waals surface area contributed by atoms with Crippen LogP contribution in [0.3, 0.4) is 0 Å². The zero-order chi connectivity index (χ0) is 20.0. The largest absolute Gasteiger partial charge is 0.382 e. The third-order valence-electron chi connectivity index (χ3n) is 4.47. The molecule has 0 saturated carbocycles. The van der Waals surface area contributed by atoms with E-state index in [1.54, 1.807) is 38.1 Å². The molecule has 1 aromatic rings. The van der Waals surface area contributed by atoms with Gasteiger partial charge in [-0.15, -0.1) is 0 Å². The lowest BCUT2D eigenvalue weighted by Gasteiger charge is -2.26. The maximum absolute atomic E-state index is 12.6. The third kappa shape index (κ3) is 6.81. The van der Waals surface area contributed by atoms with Crippen molar-refractivity contribution >= 4 is 16.0 Å². The first-order valence-corrected chi connectivity index (χ1v) is 11.1. The molecule has 7 heteroatoms. The van der Waals surface area contributed by atoms with Crippen molar-refractivity contribution in [2.75, 3.05) is 13.2 Å². The lowest BCUT2D eigenvalue weighted by molar-refractivity contribution is -0.134. The fourth-order valence-electron chi connectivity index (χ4n) is 2.87. The van der Waals surface area contributed by atoms with Gasteiger partial charge in [-0.05, 0) is 50.3 Å². The zero-order valence-corrected chi connectivity index (χ0v) is 17.5. The predicted molar refractivity (Wildman–Crippen MR) is 105 cm³/mol. The normalized spacial score (nSPS) is 17.5. The van der Waals surface area contributed by atoms with E-state index in [1.807, 2.05) is 18.7 Å². The third-order valence-corrected chi connectivity index (χ3v) is 6.05. The van der Waals surface area contributed by atoms with Crippen molar-refractivity contribution in [1.29, 1.82) is 0 Å². The molecule has 1 aliphatic heterocycles. The molecule has 1 fully saturated rings. The molecular weight excluding hydrogens is 366 g/mol. The number of hydrogen-bond donors (Lipinski definition) is 0. The Balaban J connectivity index is 2.05. The molecule has 152 valence electrons. The summed E-state index contributed by atoms with van der Waals surface area (Å²) in [7, 11) is -3.61. The van der Waals surface area contributed by atoms with Gasteiger partial charge in [0, 0.05) is 26.1 Å². The van der Waals surface area contributed by atoms with Gasteiger partial charge in [0.15, 0.2) is 0 Å². The topological polar surface area (TPSA) is 72.9 Å². The predicted octanol–water partition coefficient (Wildman–Crippen LogP) is 3.36. The number of ether oxygens (including phenoxy) is 1. The summed E-state index contributed by atoms with van der Waals surface area (Å²) in [5.74, 6) is 0.691. The maximum Gasteiger partial charge on any atom is 0.311 e. The molecule has 0 N–H and O–H groups in total. The molecule has 6 nitrogen and oxygen atoms in total. The minimum absolute atomic E-state index is 0.0971. The lowest BCUT2D eigenvalue weighted by Crippen LogP contribution is -2.37. The van der Waals surface area contributed by atoms with Crippen LogP contribution in [0.2, 0.25) is 0 Å². The summed E-state index contributed by atoms with van der Waals surface area (Å²) in [6.07, 6.45) is 2.61. The van der Waals surface area contributed by atoms with E-state index in [-0.39, 0.29) is 17.8 Å². The van der Waals surface area contributed by atoms with Gasteiger partial charge in [0.1, 0.15) is 5.75 Å². The van der Waals surface area contributed by atoms with Crippen LogP contribution in [0.1, 0.15) is 52.5 Å². The fraction of sp³-hybridized carbons (Fsp3) is 0.650. The van der Waals surface area contributed by atoms with Crippen LogP contribution in [0.4, 0.5) is 0 Å². The zero-order valence-electron chi connectivity index (χ0n) is 16.7. The first-order valence-electron chi connectivity index (χ1n) is 9.59. The van der Waals surface area contributed by atoms with E-state index in [9.17, 15) is 13.2 Å². The summed E-state index contributed by atoms with van der Waals surface area (Å²) in [4.78, 5) is 14.5. The SMILES string of the molecule is CC(C)CC(=O)N(Cc1ccc(OS(=O)(=O)C(C)C)cc1)C[C@H]1CCCO1. The Bertz CT molecular complexity index is 706. The summed E-state index contributed by atoms with van der Waals surface area (Å²) in [6.45, 7) is 9.04. The lowest BCUT2D eigenvalue weighted by atomic mass is 10.1. The molecule has 0 radical (unpaired) electrons. The molecule has 0 unspecified atom stereocenters. The molecule has 1 amide bonds. The minimum atomic E-state index is -3.61. The first-order chi connectivity index (χ1) is 12.7. The molecular formula is C20H31NO5S. The van der Waals surface area contributed by atoms with Gasteiger partial charge in [0.25, 0.3) is 0 Å². The molecule has 1 saturated heterocycles. The van der Waals surface area contributed by atoms with E-state index in [4.69, 9.17) is 8.92 Å².